The first-order chi connectivity index (χ1) is 10.4. The molecule has 8 heteroatoms. The zero-order valence-electron chi connectivity index (χ0n) is 12.8. The zero-order chi connectivity index (χ0) is 16.4. The normalized spacial score (nSPS) is 50.0. The van der Waals surface area contributed by atoms with Gasteiger partial charge < -0.3 is 39.7 Å². The van der Waals surface area contributed by atoms with Gasteiger partial charge in [0.25, 0.3) is 0 Å². The third-order valence-electron chi connectivity index (χ3n) is 4.48. The fourth-order valence-electron chi connectivity index (χ4n) is 3.06. The molecule has 130 valence electrons. The van der Waals surface area contributed by atoms with Gasteiger partial charge in [0.2, 0.25) is 0 Å². The molecule has 0 saturated carbocycles. The second kappa shape index (κ2) is 7.50. The van der Waals surface area contributed by atoms with Gasteiger partial charge in [-0.1, -0.05) is 6.92 Å². The van der Waals surface area contributed by atoms with E-state index in [1.54, 1.807) is 13.8 Å². The van der Waals surface area contributed by atoms with Crippen LogP contribution in [0.25, 0.3) is 0 Å². The van der Waals surface area contributed by atoms with Crippen molar-refractivity contribution >= 4 is 0 Å². The number of aliphatic hydroxyl groups is 5. The molecule has 2 aliphatic rings. The molecule has 0 amide bonds. The second-order valence-corrected chi connectivity index (χ2v) is 6.11. The predicted molar refractivity (Wildman–Crippen MR) is 73.8 cm³/mol. The van der Waals surface area contributed by atoms with Crippen molar-refractivity contribution in [3.05, 3.63) is 0 Å². The Morgan fingerprint density at radius 3 is 2.18 bits per heavy atom. The van der Waals surface area contributed by atoms with Crippen LogP contribution in [0.5, 0.6) is 0 Å². The van der Waals surface area contributed by atoms with Crippen molar-refractivity contribution in [3.63, 3.8) is 0 Å². The largest absolute Gasteiger partial charge is 0.394 e. The molecule has 2 saturated heterocycles. The van der Waals surface area contributed by atoms with Gasteiger partial charge in [-0.3, -0.25) is 0 Å². The van der Waals surface area contributed by atoms with Gasteiger partial charge in [0.15, 0.2) is 6.29 Å². The summed E-state index contributed by atoms with van der Waals surface area (Å²) in [6, 6.07) is 0. The molecule has 2 fully saturated rings. The van der Waals surface area contributed by atoms with Gasteiger partial charge in [-0.15, -0.1) is 0 Å². The average molecular weight is 322 g/mol. The van der Waals surface area contributed by atoms with Crippen LogP contribution < -0.4 is 0 Å². The van der Waals surface area contributed by atoms with Crippen molar-refractivity contribution in [1.82, 2.24) is 0 Å². The maximum Gasteiger partial charge on any atom is 0.184 e. The Bertz CT molecular complexity index is 352. The Balaban J connectivity index is 2.06. The van der Waals surface area contributed by atoms with Crippen LogP contribution in [0.4, 0.5) is 0 Å². The van der Waals surface area contributed by atoms with Crippen molar-refractivity contribution in [1.29, 1.82) is 0 Å². The summed E-state index contributed by atoms with van der Waals surface area (Å²) in [7, 11) is 0. The molecule has 0 radical (unpaired) electrons. The van der Waals surface area contributed by atoms with Gasteiger partial charge in [0.05, 0.1) is 37.6 Å². The number of aliphatic hydroxyl groups excluding tert-OH is 5. The molecule has 2 heterocycles. The first-order valence-electron chi connectivity index (χ1n) is 7.61. The summed E-state index contributed by atoms with van der Waals surface area (Å²) in [6.45, 7) is 2.79. The Kier molecular flexibility index (Phi) is 6.14. The first kappa shape index (κ1) is 18.0. The highest BCUT2D eigenvalue weighted by molar-refractivity contribution is 4.90. The van der Waals surface area contributed by atoms with Crippen LogP contribution in [-0.2, 0) is 14.2 Å². The molecule has 0 aromatic rings. The summed E-state index contributed by atoms with van der Waals surface area (Å²) in [4.78, 5) is 0. The van der Waals surface area contributed by atoms with E-state index in [1.165, 1.54) is 0 Å². The van der Waals surface area contributed by atoms with Crippen LogP contribution in [0, 0.1) is 5.92 Å². The summed E-state index contributed by atoms with van der Waals surface area (Å²) >= 11 is 0. The smallest absolute Gasteiger partial charge is 0.184 e. The Morgan fingerprint density at radius 1 is 0.955 bits per heavy atom. The quantitative estimate of drug-likeness (QED) is 0.401. The van der Waals surface area contributed by atoms with Crippen molar-refractivity contribution in [3.8, 4) is 0 Å². The van der Waals surface area contributed by atoms with Crippen LogP contribution in [-0.4, -0.2) is 87.8 Å². The van der Waals surface area contributed by atoms with Crippen molar-refractivity contribution in [2.24, 2.45) is 5.92 Å². The Labute approximate surface area is 129 Å². The molecule has 5 N–H and O–H groups in total. The number of rotatable bonds is 4. The van der Waals surface area contributed by atoms with Gasteiger partial charge in [0, 0.05) is 12.3 Å². The van der Waals surface area contributed by atoms with E-state index >= 15 is 0 Å². The third-order valence-corrected chi connectivity index (χ3v) is 4.48. The van der Waals surface area contributed by atoms with E-state index in [0.29, 0.717) is 0 Å². The number of hydrogen-bond donors (Lipinski definition) is 5. The Hall–Kier alpha value is -0.320. The molecule has 0 bridgehead atoms. The topological polar surface area (TPSA) is 129 Å². The molecule has 0 aromatic heterocycles. The van der Waals surface area contributed by atoms with Crippen LogP contribution in [0.15, 0.2) is 0 Å². The van der Waals surface area contributed by atoms with Crippen molar-refractivity contribution < 1.29 is 39.7 Å². The number of ether oxygens (including phenoxy) is 3. The van der Waals surface area contributed by atoms with E-state index in [4.69, 9.17) is 14.2 Å². The van der Waals surface area contributed by atoms with Gasteiger partial charge in [-0.25, -0.2) is 0 Å². The van der Waals surface area contributed by atoms with E-state index in [0.717, 1.165) is 0 Å². The average Bonchev–Trinajstić information content (AvgIpc) is 2.49. The second-order valence-electron chi connectivity index (χ2n) is 6.11. The van der Waals surface area contributed by atoms with E-state index in [2.05, 4.69) is 0 Å². The lowest BCUT2D eigenvalue weighted by Crippen LogP contribution is -2.58. The summed E-state index contributed by atoms with van der Waals surface area (Å²) in [5.74, 6) is -0.337. The molecule has 0 aliphatic carbocycles. The minimum Gasteiger partial charge on any atom is -0.394 e. The van der Waals surface area contributed by atoms with Crippen LogP contribution >= 0.6 is 0 Å². The Morgan fingerprint density at radius 2 is 1.59 bits per heavy atom. The molecule has 0 aromatic carbocycles. The fraction of sp³-hybridized carbons (Fsp3) is 1.00. The third kappa shape index (κ3) is 3.60. The highest BCUT2D eigenvalue weighted by Gasteiger charge is 2.45. The summed E-state index contributed by atoms with van der Waals surface area (Å²) in [6.07, 6.45) is -6.46. The van der Waals surface area contributed by atoms with E-state index in [9.17, 15) is 25.5 Å². The minimum absolute atomic E-state index is 0.0145. The maximum absolute atomic E-state index is 10.1. The van der Waals surface area contributed by atoms with Gasteiger partial charge >= 0.3 is 0 Å². The highest BCUT2D eigenvalue weighted by Crippen LogP contribution is 2.31. The van der Waals surface area contributed by atoms with Gasteiger partial charge in [-0.05, 0) is 6.92 Å². The molecule has 9 atom stereocenters. The standard InChI is InChI=1S/C14H26O8/c1-6-12(19)7(2)20-11(5-16)13(6)22-14-9(18)3-8(17)10(4-15)21-14/h6-19H,3-5H2,1-2H3. The lowest BCUT2D eigenvalue weighted by Gasteiger charge is -2.45. The molecule has 2 aliphatic heterocycles. The minimum atomic E-state index is -1.07. The van der Waals surface area contributed by atoms with E-state index in [-0.39, 0.29) is 18.9 Å². The molecular weight excluding hydrogens is 296 g/mol. The maximum atomic E-state index is 10.1. The summed E-state index contributed by atoms with van der Waals surface area (Å²) < 4.78 is 16.6. The lowest BCUT2D eigenvalue weighted by atomic mass is 9.88. The fourth-order valence-corrected chi connectivity index (χ4v) is 3.06. The molecule has 22 heavy (non-hydrogen) atoms. The molecule has 8 nitrogen and oxygen atoms in total. The summed E-state index contributed by atoms with van der Waals surface area (Å²) in [5.41, 5.74) is 0. The lowest BCUT2D eigenvalue weighted by molar-refractivity contribution is -0.317. The zero-order valence-corrected chi connectivity index (χ0v) is 12.8. The first-order valence-corrected chi connectivity index (χ1v) is 7.61. The molecule has 2 rings (SSSR count). The van der Waals surface area contributed by atoms with Gasteiger partial charge in [-0.2, -0.15) is 0 Å². The predicted octanol–water partition coefficient (Wildman–Crippen LogP) is -2.02. The van der Waals surface area contributed by atoms with Crippen LogP contribution in [0.1, 0.15) is 20.3 Å². The summed E-state index contributed by atoms with van der Waals surface area (Å²) in [5, 5.41) is 48.4. The van der Waals surface area contributed by atoms with Crippen LogP contribution in [0.2, 0.25) is 0 Å². The van der Waals surface area contributed by atoms with E-state index in [1.807, 2.05) is 0 Å². The highest BCUT2D eigenvalue weighted by atomic mass is 16.7. The van der Waals surface area contributed by atoms with E-state index < -0.39 is 55.6 Å². The molecule has 9 unspecified atom stereocenters. The SMILES string of the molecule is CC1OC(CO)C(OC2OC(CO)C(O)CC2O)C(C)C1O. The van der Waals surface area contributed by atoms with Crippen LogP contribution in [0.3, 0.4) is 0 Å². The molecular formula is C14H26O8. The number of hydrogen-bond acceptors (Lipinski definition) is 8. The van der Waals surface area contributed by atoms with Crippen molar-refractivity contribution in [2.45, 2.75) is 69.3 Å². The molecule has 0 spiro atoms. The van der Waals surface area contributed by atoms with Crippen molar-refractivity contribution in [2.75, 3.05) is 13.2 Å². The van der Waals surface area contributed by atoms with Gasteiger partial charge in [0.1, 0.15) is 18.3 Å². The monoisotopic (exact) mass is 322 g/mol.